The summed E-state index contributed by atoms with van der Waals surface area (Å²) >= 11 is 0. The summed E-state index contributed by atoms with van der Waals surface area (Å²) in [6.07, 6.45) is 3.14. The fourth-order valence-electron chi connectivity index (χ4n) is 1.88. The molecule has 1 aliphatic rings. The highest BCUT2D eigenvalue weighted by atomic mass is 35.5. The number of nitrogens with one attached hydrogen (secondary N) is 1. The molecular weight excluding hydrogens is 230 g/mol. The van der Waals surface area contributed by atoms with E-state index < -0.39 is 0 Å². The zero-order valence-electron chi connectivity index (χ0n) is 9.57. The predicted molar refractivity (Wildman–Crippen MR) is 64.3 cm³/mol. The van der Waals surface area contributed by atoms with Gasteiger partial charge in [-0.15, -0.1) is 12.4 Å². The summed E-state index contributed by atoms with van der Waals surface area (Å²) in [7, 11) is 0. The molecule has 1 saturated heterocycles. The second-order valence-corrected chi connectivity index (χ2v) is 3.88. The molecule has 0 aromatic rings. The number of halogens is 1. The van der Waals surface area contributed by atoms with Gasteiger partial charge in [0.05, 0.1) is 6.54 Å². The van der Waals surface area contributed by atoms with E-state index in [-0.39, 0.29) is 36.8 Å². The number of amides is 2. The van der Waals surface area contributed by atoms with E-state index in [2.05, 4.69) is 5.32 Å². The van der Waals surface area contributed by atoms with Crippen molar-refractivity contribution in [2.45, 2.75) is 32.2 Å². The third-order valence-corrected chi connectivity index (χ3v) is 2.71. The molecule has 0 radical (unpaired) electrons. The first-order valence-corrected chi connectivity index (χ1v) is 5.39. The maximum Gasteiger partial charge on any atom is 0.242 e. The molecule has 1 atom stereocenters. The molecular formula is C10H20ClN3O2. The molecule has 1 unspecified atom stereocenters. The minimum atomic E-state index is -0.176. The molecule has 1 heterocycles. The van der Waals surface area contributed by atoms with Gasteiger partial charge < -0.3 is 16.0 Å². The van der Waals surface area contributed by atoms with Gasteiger partial charge in [-0.05, 0) is 19.3 Å². The standard InChI is InChI=1S/C10H19N3O2.ClH/c1-8(14)12-7-10(15)13-5-3-2-4-9(13)6-11;/h9H,2-7,11H2,1H3,(H,12,14);1H. The van der Waals surface area contributed by atoms with E-state index in [1.165, 1.54) is 6.92 Å². The van der Waals surface area contributed by atoms with Gasteiger partial charge in [-0.25, -0.2) is 0 Å². The molecule has 3 N–H and O–H groups in total. The van der Waals surface area contributed by atoms with Crippen molar-refractivity contribution >= 4 is 24.2 Å². The molecule has 0 aliphatic carbocycles. The quantitative estimate of drug-likeness (QED) is 0.733. The number of nitrogens with zero attached hydrogens (tertiary/aromatic N) is 1. The second kappa shape index (κ2) is 7.46. The summed E-state index contributed by atoms with van der Waals surface area (Å²) in [5.74, 6) is -0.204. The SMILES string of the molecule is CC(=O)NCC(=O)N1CCCCC1CN.Cl. The Balaban J connectivity index is 0.00000225. The lowest BCUT2D eigenvalue weighted by Crippen LogP contribution is -2.50. The van der Waals surface area contributed by atoms with Gasteiger partial charge in [0.15, 0.2) is 0 Å². The van der Waals surface area contributed by atoms with Gasteiger partial charge in [0.25, 0.3) is 0 Å². The predicted octanol–water partition coefficient (Wildman–Crippen LogP) is -0.116. The molecule has 0 aromatic carbocycles. The van der Waals surface area contributed by atoms with Gasteiger partial charge in [0.1, 0.15) is 0 Å². The Morgan fingerprint density at radius 1 is 1.44 bits per heavy atom. The topological polar surface area (TPSA) is 75.4 Å². The van der Waals surface area contributed by atoms with Crippen LogP contribution in [0, 0.1) is 0 Å². The summed E-state index contributed by atoms with van der Waals surface area (Å²) in [4.78, 5) is 24.2. The minimum absolute atomic E-state index is 0. The van der Waals surface area contributed by atoms with E-state index >= 15 is 0 Å². The second-order valence-electron chi connectivity index (χ2n) is 3.88. The molecule has 94 valence electrons. The maximum atomic E-state index is 11.7. The molecule has 0 aromatic heterocycles. The van der Waals surface area contributed by atoms with Gasteiger partial charge >= 0.3 is 0 Å². The van der Waals surface area contributed by atoms with Crippen LogP contribution >= 0.6 is 12.4 Å². The van der Waals surface area contributed by atoms with Crippen molar-refractivity contribution in [3.63, 3.8) is 0 Å². The van der Waals surface area contributed by atoms with E-state index in [1.807, 2.05) is 0 Å². The Labute approximate surface area is 102 Å². The lowest BCUT2D eigenvalue weighted by Gasteiger charge is -2.35. The fourth-order valence-corrected chi connectivity index (χ4v) is 1.88. The van der Waals surface area contributed by atoms with Crippen LogP contribution in [0.1, 0.15) is 26.2 Å². The van der Waals surface area contributed by atoms with Crippen LogP contribution in [0.4, 0.5) is 0 Å². The number of hydrogen-bond donors (Lipinski definition) is 2. The van der Waals surface area contributed by atoms with Gasteiger partial charge in [0, 0.05) is 26.1 Å². The average Bonchev–Trinajstić information content (AvgIpc) is 2.25. The highest BCUT2D eigenvalue weighted by Gasteiger charge is 2.25. The zero-order chi connectivity index (χ0) is 11.3. The van der Waals surface area contributed by atoms with Crippen molar-refractivity contribution in [3.05, 3.63) is 0 Å². The maximum absolute atomic E-state index is 11.7. The lowest BCUT2D eigenvalue weighted by molar-refractivity contribution is -0.135. The Bertz CT molecular complexity index is 248. The molecule has 0 spiro atoms. The first kappa shape index (κ1) is 15.2. The van der Waals surface area contributed by atoms with E-state index in [1.54, 1.807) is 4.90 Å². The van der Waals surface area contributed by atoms with Crippen LogP contribution in [0.3, 0.4) is 0 Å². The summed E-state index contributed by atoms with van der Waals surface area (Å²) in [5.41, 5.74) is 5.61. The van der Waals surface area contributed by atoms with E-state index in [9.17, 15) is 9.59 Å². The normalized spacial score (nSPS) is 19.9. The summed E-state index contributed by atoms with van der Waals surface area (Å²) < 4.78 is 0. The number of carbonyl (C=O) groups is 2. The third-order valence-electron chi connectivity index (χ3n) is 2.71. The zero-order valence-corrected chi connectivity index (χ0v) is 10.4. The van der Waals surface area contributed by atoms with Crippen LogP contribution in [0.2, 0.25) is 0 Å². The minimum Gasteiger partial charge on any atom is -0.347 e. The number of rotatable bonds is 3. The monoisotopic (exact) mass is 249 g/mol. The smallest absolute Gasteiger partial charge is 0.242 e. The van der Waals surface area contributed by atoms with Crippen LogP contribution in [0.15, 0.2) is 0 Å². The van der Waals surface area contributed by atoms with Crippen LogP contribution < -0.4 is 11.1 Å². The van der Waals surface area contributed by atoms with Crippen LogP contribution in [0.25, 0.3) is 0 Å². The van der Waals surface area contributed by atoms with Crippen molar-refractivity contribution in [1.29, 1.82) is 0 Å². The highest BCUT2D eigenvalue weighted by Crippen LogP contribution is 2.15. The molecule has 1 fully saturated rings. The number of hydrogen-bond acceptors (Lipinski definition) is 3. The molecule has 1 aliphatic heterocycles. The Kier molecular flexibility index (Phi) is 7.08. The molecule has 0 saturated carbocycles. The number of carbonyl (C=O) groups excluding carboxylic acids is 2. The number of piperidine rings is 1. The highest BCUT2D eigenvalue weighted by molar-refractivity contribution is 5.85. The first-order valence-electron chi connectivity index (χ1n) is 5.39. The van der Waals surface area contributed by atoms with Gasteiger partial charge in [-0.1, -0.05) is 0 Å². The van der Waals surface area contributed by atoms with E-state index in [0.29, 0.717) is 6.54 Å². The van der Waals surface area contributed by atoms with Crippen molar-refractivity contribution < 1.29 is 9.59 Å². The summed E-state index contributed by atoms with van der Waals surface area (Å²) in [6.45, 7) is 2.77. The molecule has 16 heavy (non-hydrogen) atoms. The molecule has 0 bridgehead atoms. The van der Waals surface area contributed by atoms with Crippen LogP contribution in [0.5, 0.6) is 0 Å². The van der Waals surface area contributed by atoms with Gasteiger partial charge in [0.2, 0.25) is 11.8 Å². The van der Waals surface area contributed by atoms with Gasteiger partial charge in [-0.2, -0.15) is 0 Å². The van der Waals surface area contributed by atoms with Crippen molar-refractivity contribution in [2.24, 2.45) is 5.73 Å². The lowest BCUT2D eigenvalue weighted by atomic mass is 10.0. The number of nitrogens with two attached hydrogens (primary N) is 1. The van der Waals surface area contributed by atoms with E-state index in [4.69, 9.17) is 5.73 Å². The molecule has 2 amide bonds. The average molecular weight is 250 g/mol. The Morgan fingerprint density at radius 2 is 2.12 bits per heavy atom. The first-order chi connectivity index (χ1) is 7.15. The fraction of sp³-hybridized carbons (Fsp3) is 0.800. The van der Waals surface area contributed by atoms with Crippen LogP contribution in [-0.2, 0) is 9.59 Å². The van der Waals surface area contributed by atoms with Gasteiger partial charge in [-0.3, -0.25) is 9.59 Å². The number of likely N-dealkylation sites (tertiary alicyclic amines) is 1. The molecule has 1 rings (SSSR count). The van der Waals surface area contributed by atoms with Crippen LogP contribution in [-0.4, -0.2) is 42.4 Å². The molecule has 6 heteroatoms. The Morgan fingerprint density at radius 3 is 2.69 bits per heavy atom. The third kappa shape index (κ3) is 4.37. The molecule has 5 nitrogen and oxygen atoms in total. The van der Waals surface area contributed by atoms with Crippen molar-refractivity contribution in [1.82, 2.24) is 10.2 Å². The van der Waals surface area contributed by atoms with Crippen molar-refractivity contribution in [3.8, 4) is 0 Å². The van der Waals surface area contributed by atoms with Crippen molar-refractivity contribution in [2.75, 3.05) is 19.6 Å². The largest absolute Gasteiger partial charge is 0.347 e. The van der Waals surface area contributed by atoms with E-state index in [0.717, 1.165) is 25.8 Å². The summed E-state index contributed by atoms with van der Waals surface area (Å²) in [6, 6.07) is 0.153. The Hall–Kier alpha value is -0.810. The summed E-state index contributed by atoms with van der Waals surface area (Å²) in [5, 5.41) is 2.52.